The molecule has 3 nitrogen and oxygen atoms in total. The number of hydrogen-bond acceptors (Lipinski definition) is 2. The number of nitrogens with zero attached hydrogens (tertiary/aromatic N) is 1. The Bertz CT molecular complexity index is 521. The summed E-state index contributed by atoms with van der Waals surface area (Å²) >= 11 is 0. The zero-order valence-corrected chi connectivity index (χ0v) is 11.2. The zero-order chi connectivity index (χ0) is 14.9. The summed E-state index contributed by atoms with van der Waals surface area (Å²) in [4.78, 5) is 13.8. The first-order valence-electron chi connectivity index (χ1n) is 6.62. The summed E-state index contributed by atoms with van der Waals surface area (Å²) in [6.07, 6.45) is 1.72. The molecule has 1 aromatic carbocycles. The van der Waals surface area contributed by atoms with Gasteiger partial charge in [-0.1, -0.05) is 6.92 Å². The SMILES string of the molecule is C[C@@H]1CCCN(C(=O)c2ccc(F)c(F)c2F)[C@@H]1CN. The van der Waals surface area contributed by atoms with Gasteiger partial charge in [0.1, 0.15) is 0 Å². The second kappa shape index (κ2) is 5.83. The van der Waals surface area contributed by atoms with Crippen LogP contribution in [0.25, 0.3) is 0 Å². The molecule has 2 atom stereocenters. The molecule has 1 aromatic rings. The van der Waals surface area contributed by atoms with Gasteiger partial charge in [0.25, 0.3) is 5.91 Å². The quantitative estimate of drug-likeness (QED) is 0.848. The second-order valence-electron chi connectivity index (χ2n) is 5.14. The molecule has 0 unspecified atom stereocenters. The van der Waals surface area contributed by atoms with Crippen LogP contribution in [0.1, 0.15) is 30.1 Å². The van der Waals surface area contributed by atoms with E-state index in [1.54, 1.807) is 0 Å². The summed E-state index contributed by atoms with van der Waals surface area (Å²) < 4.78 is 39.8. The molecule has 1 aliphatic heterocycles. The Morgan fingerprint density at radius 1 is 1.35 bits per heavy atom. The van der Waals surface area contributed by atoms with E-state index in [0.29, 0.717) is 6.54 Å². The van der Waals surface area contributed by atoms with Crippen LogP contribution in [0.5, 0.6) is 0 Å². The molecule has 0 aliphatic carbocycles. The Hall–Kier alpha value is -1.56. The largest absolute Gasteiger partial charge is 0.334 e. The van der Waals surface area contributed by atoms with E-state index in [1.807, 2.05) is 6.92 Å². The van der Waals surface area contributed by atoms with E-state index in [2.05, 4.69) is 0 Å². The number of rotatable bonds is 2. The number of halogens is 3. The molecule has 1 amide bonds. The van der Waals surface area contributed by atoms with Crippen molar-refractivity contribution < 1.29 is 18.0 Å². The van der Waals surface area contributed by atoms with Crippen molar-refractivity contribution in [3.8, 4) is 0 Å². The van der Waals surface area contributed by atoms with Gasteiger partial charge in [0, 0.05) is 19.1 Å². The molecule has 0 saturated carbocycles. The number of nitrogens with two attached hydrogens (primary N) is 1. The monoisotopic (exact) mass is 286 g/mol. The lowest BCUT2D eigenvalue weighted by molar-refractivity contribution is 0.0526. The van der Waals surface area contributed by atoms with E-state index in [9.17, 15) is 18.0 Å². The van der Waals surface area contributed by atoms with Crippen molar-refractivity contribution >= 4 is 5.91 Å². The predicted octanol–water partition coefficient (Wildman–Crippen LogP) is 2.30. The molecular weight excluding hydrogens is 269 g/mol. The lowest BCUT2D eigenvalue weighted by Crippen LogP contribution is -2.51. The number of benzene rings is 1. The maximum atomic E-state index is 13.7. The Kier molecular flexibility index (Phi) is 4.32. The highest BCUT2D eigenvalue weighted by molar-refractivity contribution is 5.94. The molecule has 1 fully saturated rings. The highest BCUT2D eigenvalue weighted by Gasteiger charge is 2.33. The molecule has 1 aliphatic rings. The van der Waals surface area contributed by atoms with Crippen LogP contribution in [-0.2, 0) is 0 Å². The van der Waals surface area contributed by atoms with Crippen LogP contribution in [0.2, 0.25) is 0 Å². The second-order valence-corrected chi connectivity index (χ2v) is 5.14. The van der Waals surface area contributed by atoms with Crippen LogP contribution in [-0.4, -0.2) is 29.9 Å². The Labute approximate surface area is 115 Å². The predicted molar refractivity (Wildman–Crippen MR) is 68.6 cm³/mol. The van der Waals surface area contributed by atoms with Gasteiger partial charge in [-0.25, -0.2) is 13.2 Å². The Morgan fingerprint density at radius 3 is 2.70 bits per heavy atom. The molecule has 0 radical (unpaired) electrons. The fraction of sp³-hybridized carbons (Fsp3) is 0.500. The molecule has 110 valence electrons. The average Bonchev–Trinajstić information content (AvgIpc) is 2.44. The molecule has 0 bridgehead atoms. The summed E-state index contributed by atoms with van der Waals surface area (Å²) in [5.41, 5.74) is 5.22. The first kappa shape index (κ1) is 14.8. The lowest BCUT2D eigenvalue weighted by atomic mass is 9.90. The number of piperidine rings is 1. The van der Waals surface area contributed by atoms with E-state index in [1.165, 1.54) is 4.90 Å². The molecule has 6 heteroatoms. The third kappa shape index (κ3) is 2.52. The number of hydrogen-bond donors (Lipinski definition) is 1. The van der Waals surface area contributed by atoms with Crippen molar-refractivity contribution in [2.45, 2.75) is 25.8 Å². The number of carbonyl (C=O) groups is 1. The maximum absolute atomic E-state index is 13.7. The standard InChI is InChI=1S/C14H17F3N2O/c1-8-3-2-6-19(11(8)7-18)14(20)9-4-5-10(15)13(17)12(9)16/h4-5,8,11H,2-3,6-7,18H2,1H3/t8-,11-/m1/s1. The van der Waals surface area contributed by atoms with Gasteiger partial charge in [-0.05, 0) is 30.9 Å². The molecule has 2 N–H and O–H groups in total. The van der Waals surface area contributed by atoms with E-state index in [4.69, 9.17) is 5.73 Å². The average molecular weight is 286 g/mol. The first-order chi connectivity index (χ1) is 9.47. The van der Waals surface area contributed by atoms with E-state index in [-0.39, 0.29) is 18.5 Å². The topological polar surface area (TPSA) is 46.3 Å². The van der Waals surface area contributed by atoms with Gasteiger partial charge in [0.15, 0.2) is 17.5 Å². The summed E-state index contributed by atoms with van der Waals surface area (Å²) in [6, 6.07) is 1.53. The molecule has 20 heavy (non-hydrogen) atoms. The minimum absolute atomic E-state index is 0.200. The summed E-state index contributed by atoms with van der Waals surface area (Å²) in [6.45, 7) is 2.68. The van der Waals surface area contributed by atoms with Gasteiger partial charge < -0.3 is 10.6 Å². The summed E-state index contributed by atoms with van der Waals surface area (Å²) in [5, 5.41) is 0. The number of likely N-dealkylation sites (tertiary alicyclic amines) is 1. The Balaban J connectivity index is 2.33. The molecule has 1 heterocycles. The summed E-state index contributed by atoms with van der Waals surface area (Å²) in [7, 11) is 0. The molecule has 0 spiro atoms. The van der Waals surface area contributed by atoms with Crippen LogP contribution in [0.3, 0.4) is 0 Å². The first-order valence-corrected chi connectivity index (χ1v) is 6.62. The van der Waals surface area contributed by atoms with Crippen molar-refractivity contribution in [3.05, 3.63) is 35.1 Å². The van der Waals surface area contributed by atoms with Crippen LogP contribution in [0.15, 0.2) is 12.1 Å². The van der Waals surface area contributed by atoms with Gasteiger partial charge in [-0.15, -0.1) is 0 Å². The molecule has 0 aromatic heterocycles. The highest BCUT2D eigenvalue weighted by Crippen LogP contribution is 2.25. The van der Waals surface area contributed by atoms with Gasteiger partial charge in [-0.3, -0.25) is 4.79 Å². The molecular formula is C14H17F3N2O. The van der Waals surface area contributed by atoms with Crippen molar-refractivity contribution in [1.82, 2.24) is 4.90 Å². The minimum Gasteiger partial charge on any atom is -0.334 e. The van der Waals surface area contributed by atoms with Crippen molar-refractivity contribution in [2.75, 3.05) is 13.1 Å². The van der Waals surface area contributed by atoms with E-state index < -0.39 is 28.9 Å². The van der Waals surface area contributed by atoms with Gasteiger partial charge in [-0.2, -0.15) is 0 Å². The van der Waals surface area contributed by atoms with Crippen LogP contribution >= 0.6 is 0 Å². The maximum Gasteiger partial charge on any atom is 0.257 e. The minimum atomic E-state index is -1.62. The zero-order valence-electron chi connectivity index (χ0n) is 11.2. The smallest absolute Gasteiger partial charge is 0.257 e. The Morgan fingerprint density at radius 2 is 2.05 bits per heavy atom. The molecule has 1 saturated heterocycles. The summed E-state index contributed by atoms with van der Waals surface area (Å²) in [5.74, 6) is -4.80. The van der Waals surface area contributed by atoms with Crippen molar-refractivity contribution in [3.63, 3.8) is 0 Å². The van der Waals surface area contributed by atoms with E-state index >= 15 is 0 Å². The van der Waals surface area contributed by atoms with Crippen molar-refractivity contribution in [2.24, 2.45) is 11.7 Å². The number of carbonyl (C=O) groups excluding carboxylic acids is 1. The van der Waals surface area contributed by atoms with Crippen LogP contribution < -0.4 is 5.73 Å². The van der Waals surface area contributed by atoms with Gasteiger partial charge in [0.05, 0.1) is 5.56 Å². The third-order valence-corrected chi connectivity index (χ3v) is 3.88. The van der Waals surface area contributed by atoms with Crippen LogP contribution in [0.4, 0.5) is 13.2 Å². The van der Waals surface area contributed by atoms with E-state index in [0.717, 1.165) is 25.0 Å². The highest BCUT2D eigenvalue weighted by atomic mass is 19.2. The van der Waals surface area contributed by atoms with Crippen molar-refractivity contribution in [1.29, 1.82) is 0 Å². The normalized spacial score (nSPS) is 22.9. The fourth-order valence-corrected chi connectivity index (χ4v) is 2.71. The lowest BCUT2D eigenvalue weighted by Gasteiger charge is -2.39. The third-order valence-electron chi connectivity index (χ3n) is 3.88. The van der Waals surface area contributed by atoms with Gasteiger partial charge >= 0.3 is 0 Å². The molecule has 2 rings (SSSR count). The van der Waals surface area contributed by atoms with Gasteiger partial charge in [0.2, 0.25) is 0 Å². The fourth-order valence-electron chi connectivity index (χ4n) is 2.71. The van der Waals surface area contributed by atoms with Crippen LogP contribution in [0, 0.1) is 23.4 Å². The number of amides is 1.